The van der Waals surface area contributed by atoms with Gasteiger partial charge in [0.15, 0.2) is 23.0 Å². The third kappa shape index (κ3) is 6.67. The van der Waals surface area contributed by atoms with E-state index < -0.39 is 0 Å². The van der Waals surface area contributed by atoms with Crippen LogP contribution in [0.1, 0.15) is 45.5 Å². The molecule has 4 aromatic carbocycles. The number of benzene rings is 4. The summed E-state index contributed by atoms with van der Waals surface area (Å²) in [7, 11) is 6.75. The van der Waals surface area contributed by atoms with Crippen molar-refractivity contribution < 1.29 is 28.4 Å². The van der Waals surface area contributed by atoms with Crippen LogP contribution in [-0.4, -0.2) is 75.1 Å². The van der Waals surface area contributed by atoms with E-state index in [9.17, 15) is 0 Å². The molecule has 0 aromatic heterocycles. The van der Waals surface area contributed by atoms with Crippen molar-refractivity contribution in [2.24, 2.45) is 0 Å². The maximum Gasteiger partial charge on any atom is 0.204 e. The fourth-order valence-electron chi connectivity index (χ4n) is 7.89. The molecular formula is C40H44Br2N2O6. The number of hydrogen-bond donors (Lipinski definition) is 0. The fourth-order valence-corrected chi connectivity index (χ4v) is 8.80. The molecule has 0 fully saturated rings. The second-order valence-electron chi connectivity index (χ2n) is 12.9. The van der Waals surface area contributed by atoms with Crippen molar-refractivity contribution in [1.82, 2.24) is 9.80 Å². The highest BCUT2D eigenvalue weighted by atomic mass is 79.9. The molecule has 0 radical (unpaired) electrons. The van der Waals surface area contributed by atoms with Gasteiger partial charge in [0.2, 0.25) is 11.5 Å². The number of halogens is 2. The van der Waals surface area contributed by atoms with Crippen molar-refractivity contribution in [2.75, 3.05) is 65.3 Å². The van der Waals surface area contributed by atoms with Gasteiger partial charge in [-0.3, -0.25) is 9.80 Å². The quantitative estimate of drug-likeness (QED) is 0.164. The zero-order chi connectivity index (χ0) is 34.8. The monoisotopic (exact) mass is 806 g/mol. The predicted molar refractivity (Wildman–Crippen MR) is 203 cm³/mol. The van der Waals surface area contributed by atoms with Crippen LogP contribution in [0.15, 0.2) is 60.7 Å². The van der Waals surface area contributed by atoms with Gasteiger partial charge in [-0.15, -0.1) is 0 Å². The first-order valence-corrected chi connectivity index (χ1v) is 19.4. The molecule has 0 N–H and O–H groups in total. The summed E-state index contributed by atoms with van der Waals surface area (Å²) < 4.78 is 37.5. The zero-order valence-electron chi connectivity index (χ0n) is 29.1. The molecule has 0 amide bonds. The Morgan fingerprint density at radius 2 is 1.00 bits per heavy atom. The number of hydrogen-bond acceptors (Lipinski definition) is 8. The first-order valence-electron chi connectivity index (χ1n) is 17.2. The summed E-state index contributed by atoms with van der Waals surface area (Å²) in [6.45, 7) is 3.67. The van der Waals surface area contributed by atoms with Gasteiger partial charge in [0.05, 0.1) is 28.4 Å². The number of nitrogens with zero attached hydrogens (tertiary/aromatic N) is 2. The normalized spacial score (nSPS) is 18.6. The van der Waals surface area contributed by atoms with Crippen LogP contribution in [0.5, 0.6) is 46.0 Å². The van der Waals surface area contributed by atoms with Crippen LogP contribution in [0.25, 0.3) is 0 Å². The average Bonchev–Trinajstić information content (AvgIpc) is 3.14. The largest absolute Gasteiger partial charge is 0.493 e. The molecule has 10 heteroatoms. The van der Waals surface area contributed by atoms with Crippen molar-refractivity contribution in [2.45, 2.75) is 37.8 Å². The highest BCUT2D eigenvalue weighted by molar-refractivity contribution is 9.09. The Kier molecular flexibility index (Phi) is 10.8. The maximum absolute atomic E-state index is 6.87. The Morgan fingerprint density at radius 1 is 0.600 bits per heavy atom. The van der Waals surface area contributed by atoms with E-state index in [1.807, 2.05) is 0 Å². The van der Waals surface area contributed by atoms with Crippen LogP contribution < -0.4 is 28.4 Å². The van der Waals surface area contributed by atoms with Crippen molar-refractivity contribution in [3.8, 4) is 46.0 Å². The first-order chi connectivity index (χ1) is 24.5. The minimum absolute atomic E-state index is 0.0581. The summed E-state index contributed by atoms with van der Waals surface area (Å²) in [6.07, 6.45) is 3.35. The zero-order valence-corrected chi connectivity index (χ0v) is 32.3. The third-order valence-corrected chi connectivity index (χ3v) is 11.0. The summed E-state index contributed by atoms with van der Waals surface area (Å²) in [5.74, 6) is 5.52. The summed E-state index contributed by atoms with van der Waals surface area (Å²) in [5, 5.41) is 1.74. The molecule has 4 aromatic rings. The molecule has 10 rings (SSSR count). The SMILES string of the molecule is COc1cc2c3c(c1OC)Oc1ccc(cc1)CC1c4c(cc(OC)c(OC)c4Oc4ccc(cc4)CC3N(CCBr)CC2)CCN1CCBr. The van der Waals surface area contributed by atoms with Crippen LogP contribution in [0, 0.1) is 0 Å². The lowest BCUT2D eigenvalue weighted by atomic mass is 9.86. The van der Waals surface area contributed by atoms with E-state index in [0.717, 1.165) is 96.6 Å². The lowest BCUT2D eigenvalue weighted by Crippen LogP contribution is -2.38. The molecule has 264 valence electrons. The molecule has 6 aliphatic rings. The molecule has 0 saturated heterocycles. The van der Waals surface area contributed by atoms with E-state index in [1.165, 1.54) is 22.3 Å². The molecule has 0 spiro atoms. The van der Waals surface area contributed by atoms with Crippen LogP contribution in [0.3, 0.4) is 0 Å². The van der Waals surface area contributed by atoms with Crippen LogP contribution in [0.2, 0.25) is 0 Å². The molecule has 6 heterocycles. The van der Waals surface area contributed by atoms with E-state index in [-0.39, 0.29) is 12.1 Å². The van der Waals surface area contributed by atoms with E-state index in [1.54, 1.807) is 28.4 Å². The molecule has 4 bridgehead atoms. The first kappa shape index (κ1) is 35.0. The second-order valence-corrected chi connectivity index (χ2v) is 14.5. The Morgan fingerprint density at radius 3 is 1.34 bits per heavy atom. The number of methoxy groups -OCH3 is 4. The van der Waals surface area contributed by atoms with Crippen LogP contribution >= 0.6 is 31.9 Å². The molecular weight excluding hydrogens is 764 g/mol. The van der Waals surface area contributed by atoms with E-state index >= 15 is 0 Å². The van der Waals surface area contributed by atoms with Crippen LogP contribution in [-0.2, 0) is 25.7 Å². The van der Waals surface area contributed by atoms with Crippen molar-refractivity contribution in [3.63, 3.8) is 0 Å². The minimum Gasteiger partial charge on any atom is -0.493 e. The van der Waals surface area contributed by atoms with Crippen LogP contribution in [0.4, 0.5) is 0 Å². The molecule has 2 atom stereocenters. The predicted octanol–water partition coefficient (Wildman–Crippen LogP) is 8.69. The van der Waals surface area contributed by atoms with Gasteiger partial charge < -0.3 is 28.4 Å². The summed E-state index contributed by atoms with van der Waals surface area (Å²) in [4.78, 5) is 5.07. The molecule has 0 aliphatic carbocycles. The van der Waals surface area contributed by atoms with Crippen molar-refractivity contribution in [3.05, 3.63) is 94.0 Å². The Labute approximate surface area is 311 Å². The topological polar surface area (TPSA) is 61.9 Å². The lowest BCUT2D eigenvalue weighted by molar-refractivity contribution is 0.190. The van der Waals surface area contributed by atoms with Gasteiger partial charge in [0.1, 0.15) is 11.5 Å². The average molecular weight is 809 g/mol. The minimum atomic E-state index is 0.0581. The van der Waals surface area contributed by atoms with Gasteiger partial charge in [-0.25, -0.2) is 0 Å². The van der Waals surface area contributed by atoms with E-state index in [4.69, 9.17) is 28.4 Å². The molecule has 50 heavy (non-hydrogen) atoms. The molecule has 2 unspecified atom stereocenters. The summed E-state index contributed by atoms with van der Waals surface area (Å²) in [5.41, 5.74) is 7.12. The molecule has 6 aliphatic heterocycles. The standard InChI is InChI=1S/C40H44Br2N2O6/c1-45-33-23-27-13-17-43(19-15-41)31-21-25-7-11-30(12-8-25)50-40-36-28(24-34(46-2)38(40)48-4)14-18-44(20-16-42)32(36)22-26-5-9-29(10-6-26)49-39(35(27)31)37(33)47-3/h5-12,23-24,31-32H,13-22H2,1-4H3. The summed E-state index contributed by atoms with van der Waals surface area (Å²) in [6, 6.07) is 21.3. The van der Waals surface area contributed by atoms with Crippen molar-refractivity contribution >= 4 is 31.9 Å². The Balaban J connectivity index is 1.42. The fraction of sp³-hybridized carbons (Fsp3) is 0.400. The number of ether oxygens (including phenoxy) is 6. The number of alkyl halides is 2. The Bertz CT molecular complexity index is 1680. The van der Waals surface area contributed by atoms with E-state index in [0.29, 0.717) is 23.0 Å². The third-order valence-electron chi connectivity index (χ3n) is 10.3. The van der Waals surface area contributed by atoms with E-state index in [2.05, 4.69) is 102 Å². The lowest BCUT2D eigenvalue weighted by Gasteiger charge is -2.39. The van der Waals surface area contributed by atoms with Gasteiger partial charge in [0.25, 0.3) is 0 Å². The molecule has 8 nitrogen and oxygen atoms in total. The van der Waals surface area contributed by atoms with Gasteiger partial charge >= 0.3 is 0 Å². The second kappa shape index (κ2) is 15.4. The van der Waals surface area contributed by atoms with Gasteiger partial charge in [-0.05, 0) is 84.3 Å². The smallest absolute Gasteiger partial charge is 0.204 e. The maximum atomic E-state index is 6.87. The highest BCUT2D eigenvalue weighted by Crippen LogP contribution is 2.52. The van der Waals surface area contributed by atoms with Gasteiger partial charge in [-0.2, -0.15) is 0 Å². The summed E-state index contributed by atoms with van der Waals surface area (Å²) >= 11 is 7.43. The number of rotatable bonds is 8. The Hall–Kier alpha value is -3.44. The van der Waals surface area contributed by atoms with Gasteiger partial charge in [0, 0.05) is 60.0 Å². The van der Waals surface area contributed by atoms with Gasteiger partial charge in [-0.1, -0.05) is 56.1 Å². The molecule has 0 saturated carbocycles. The highest BCUT2D eigenvalue weighted by Gasteiger charge is 2.36. The van der Waals surface area contributed by atoms with Crippen molar-refractivity contribution in [1.29, 1.82) is 0 Å².